The summed E-state index contributed by atoms with van der Waals surface area (Å²) < 4.78 is 13.8. The molecule has 9 aromatic heterocycles. The Morgan fingerprint density at radius 3 is 0.686 bits per heavy atom. The largest absolute Gasteiger partial charge is 3.00 e. The maximum atomic E-state index is 12.1. The zero-order valence-electron chi connectivity index (χ0n) is 73.9. The van der Waals surface area contributed by atoms with Gasteiger partial charge in [-0.25, -0.2) is 4.85 Å². The second kappa shape index (κ2) is 37.2. The molecule has 0 radical (unpaired) electrons. The van der Waals surface area contributed by atoms with Crippen molar-refractivity contribution in [2.75, 3.05) is 0 Å². The molecular weight excluding hydrogens is 1850 g/mol. The number of fused-ring (bicyclic) bond motifs is 18. The zero-order chi connectivity index (χ0) is 90.8. The fraction of sp³-hybridized carbons (Fsp3) is 0. The Kier molecular flexibility index (Phi) is 22.9. The van der Waals surface area contributed by atoms with Crippen molar-refractivity contribution in [1.29, 1.82) is 5.26 Å². The molecule has 0 aliphatic heterocycles. The molecule has 0 saturated heterocycles. The van der Waals surface area contributed by atoms with Crippen LogP contribution in [-0.2, 0) is 20.1 Å². The number of benzene rings is 18. The normalized spacial score (nSPS) is 11.1. The molecule has 27 rings (SSSR count). The van der Waals surface area contributed by atoms with E-state index in [9.17, 15) is 11.8 Å². The molecule has 0 fully saturated rings. The van der Waals surface area contributed by atoms with Crippen LogP contribution in [0.25, 0.3) is 215 Å². The van der Waals surface area contributed by atoms with Crippen LogP contribution in [0.1, 0.15) is 5.56 Å². The quantitative estimate of drug-likeness (QED) is 0.127. The number of para-hydroxylation sites is 12. The molecule has 0 unspecified atom stereocenters. The minimum atomic E-state index is 0. The number of rotatable bonds is 10. The molecule has 27 aromatic rings. The van der Waals surface area contributed by atoms with E-state index in [4.69, 9.17) is 0 Å². The smallest absolute Gasteiger partial charge is 0.318 e. The molecule has 0 aliphatic rings. The third-order valence-electron chi connectivity index (χ3n) is 25.5. The van der Waals surface area contributed by atoms with Crippen molar-refractivity contribution in [2.24, 2.45) is 0 Å². The third kappa shape index (κ3) is 15.3. The fourth-order valence-corrected chi connectivity index (χ4v) is 19.7. The van der Waals surface area contributed by atoms with E-state index in [0.717, 1.165) is 127 Å². The average molecular weight is 1930 g/mol. The van der Waals surface area contributed by atoms with Gasteiger partial charge in [-0.2, -0.15) is 5.26 Å². The molecule has 0 saturated carbocycles. The van der Waals surface area contributed by atoms with Crippen molar-refractivity contribution >= 4 is 137 Å². The van der Waals surface area contributed by atoms with Gasteiger partial charge < -0.3 is 42.4 Å². The molecule has 11 nitrogen and oxygen atoms in total. The van der Waals surface area contributed by atoms with Gasteiger partial charge in [-0.1, -0.05) is 279 Å². The molecule has 12 heteroatoms. The van der Waals surface area contributed by atoms with E-state index in [1.165, 1.54) is 66.1 Å². The fourth-order valence-electron chi connectivity index (χ4n) is 19.7. The van der Waals surface area contributed by atoms with E-state index in [1.54, 1.807) is 18.6 Å². The summed E-state index contributed by atoms with van der Waals surface area (Å²) in [6.45, 7) is 9.46. The Morgan fingerprint density at radius 1 is 0.226 bits per heavy atom. The zero-order valence-corrected chi connectivity index (χ0v) is 76.3. The standard InChI is InChI=1S/C56H32N6.C36H24N2.3C11H8N.Ir/c1-58-52-53(59-44-26-10-2-18-35(44)36-19-3-11-27-45(36)59)43(34-57)54(60-46-28-12-4-20-37(46)38-21-5-13-29-47(38)60)56(62-50-32-16-8-24-41(50)42-25-9-17-33-51(42)62)55(52)61-48-30-14-6-22-39(48)40-23-7-15-31-49(40)61;1-5-19-33-29(15-1)30-16-2-6-20-34(30)37(33)27-13-9-11-25(23-27)26-12-10-14-28(24-26)38-35-21-7-3-17-31(35)32-18-4-8-22-36(32)38;3*1-2-6-10(7-3-1)11-8-4-5-9-12-11;/h2-33H;1-24H;3*1-6,8-9H;/q;;3*-1;+3. The van der Waals surface area contributed by atoms with Gasteiger partial charge in [0.2, 0.25) is 5.69 Å². The van der Waals surface area contributed by atoms with Crippen LogP contribution in [0.3, 0.4) is 0 Å². The van der Waals surface area contributed by atoms with Crippen LogP contribution < -0.4 is 0 Å². The summed E-state index contributed by atoms with van der Waals surface area (Å²) in [7, 11) is 0. The summed E-state index contributed by atoms with van der Waals surface area (Å²) >= 11 is 0. The Labute approximate surface area is 804 Å². The van der Waals surface area contributed by atoms with Crippen molar-refractivity contribution in [1.82, 2.24) is 42.4 Å². The summed E-state index contributed by atoms with van der Waals surface area (Å²) in [5, 5.41) is 25.8. The van der Waals surface area contributed by atoms with E-state index in [2.05, 4.69) is 399 Å². The van der Waals surface area contributed by atoms with Gasteiger partial charge in [0.25, 0.3) is 0 Å². The minimum Gasteiger partial charge on any atom is -0.318 e. The summed E-state index contributed by atoms with van der Waals surface area (Å²) in [5.41, 5.74) is 26.8. The van der Waals surface area contributed by atoms with E-state index in [-0.39, 0.29) is 20.1 Å². The summed E-state index contributed by atoms with van der Waals surface area (Å²) in [6.07, 6.45) is 5.36. The molecule has 0 aliphatic carbocycles. The third-order valence-corrected chi connectivity index (χ3v) is 25.5. The van der Waals surface area contributed by atoms with Gasteiger partial charge in [0.05, 0.1) is 101 Å². The number of nitrogens with zero attached hydrogens (tertiary/aromatic N) is 11. The molecule has 0 atom stereocenters. The van der Waals surface area contributed by atoms with Gasteiger partial charge in [-0.05, 0) is 143 Å². The maximum Gasteiger partial charge on any atom is 3.00 e. The van der Waals surface area contributed by atoms with E-state index < -0.39 is 0 Å². The second-order valence-corrected chi connectivity index (χ2v) is 33.1. The first-order valence-corrected chi connectivity index (χ1v) is 45.3. The summed E-state index contributed by atoms with van der Waals surface area (Å²) in [4.78, 5) is 17.3. The maximum absolute atomic E-state index is 12.1. The Bertz CT molecular complexity index is 8340. The van der Waals surface area contributed by atoms with Crippen LogP contribution >= 0.6 is 0 Å². The first kappa shape index (κ1) is 84.4. The molecular formula is C125H80IrN11. The number of hydrogen-bond acceptors (Lipinski definition) is 4. The van der Waals surface area contributed by atoms with Gasteiger partial charge in [0.15, 0.2) is 0 Å². The number of pyridine rings is 3. The molecule has 644 valence electrons. The molecule has 9 heterocycles. The first-order chi connectivity index (χ1) is 67.5. The van der Waals surface area contributed by atoms with Crippen LogP contribution in [0.2, 0.25) is 0 Å². The molecule has 137 heavy (non-hydrogen) atoms. The van der Waals surface area contributed by atoms with Crippen LogP contribution in [-0.4, -0.2) is 42.4 Å². The second-order valence-electron chi connectivity index (χ2n) is 33.1. The number of aromatic nitrogens is 9. The Morgan fingerprint density at radius 2 is 0.453 bits per heavy atom. The number of hydrogen-bond donors (Lipinski definition) is 0. The first-order valence-electron chi connectivity index (χ1n) is 45.3. The van der Waals surface area contributed by atoms with E-state index in [1.807, 2.05) is 140 Å². The minimum absolute atomic E-state index is 0. The molecule has 0 spiro atoms. The van der Waals surface area contributed by atoms with E-state index in [0.29, 0.717) is 28.3 Å². The molecule has 18 aromatic carbocycles. The topological polar surface area (TPSA) is 96.4 Å². The number of nitriles is 1. The van der Waals surface area contributed by atoms with Crippen LogP contribution in [0, 0.1) is 36.1 Å². The van der Waals surface area contributed by atoms with Crippen molar-refractivity contribution in [3.05, 3.63) is 521 Å². The Hall–Kier alpha value is -18.2. The van der Waals surface area contributed by atoms with Crippen molar-refractivity contribution in [3.63, 3.8) is 0 Å². The molecule has 0 amide bonds. The SMILES string of the molecule is [C-]#[N+]c1c(-n2c3ccccc3c3ccccc32)c(C#N)c(-n2c3ccccc3c3ccccc32)c(-n2c3ccccc3c3ccccc32)c1-n1c2ccccc2c2ccccc21.[Ir+3].[c-]1ccccc1-c1ccccn1.[c-]1ccccc1-c1ccccn1.[c-]1ccccc1-c1ccccn1.c1cc(-c2cccc(-n3c4ccccc4c4ccccc43)c2)cc(-n2c3ccccc3c3ccccc32)c1. The van der Waals surface area contributed by atoms with Crippen molar-refractivity contribution in [2.45, 2.75) is 0 Å². The average Bonchev–Trinajstić information content (AvgIpc) is 1.55. The Balaban J connectivity index is 0.000000120. The van der Waals surface area contributed by atoms with Gasteiger partial charge in [0.1, 0.15) is 6.07 Å². The van der Waals surface area contributed by atoms with Gasteiger partial charge in [0, 0.05) is 94.6 Å². The summed E-state index contributed by atoms with van der Waals surface area (Å²) in [5.74, 6) is 0. The van der Waals surface area contributed by atoms with Crippen molar-refractivity contribution < 1.29 is 20.1 Å². The van der Waals surface area contributed by atoms with Crippen molar-refractivity contribution in [3.8, 4) is 85.1 Å². The molecule has 0 N–H and O–H groups in total. The van der Waals surface area contributed by atoms with Crippen LogP contribution in [0.5, 0.6) is 0 Å². The predicted octanol–water partition coefficient (Wildman–Crippen LogP) is 31.7. The predicted molar refractivity (Wildman–Crippen MR) is 561 cm³/mol. The van der Waals surface area contributed by atoms with Crippen LogP contribution in [0.15, 0.2) is 486 Å². The van der Waals surface area contributed by atoms with Gasteiger partial charge in [-0.3, -0.25) is 0 Å². The molecule has 0 bridgehead atoms. The summed E-state index contributed by atoms with van der Waals surface area (Å²) in [6, 6.07) is 173. The van der Waals surface area contributed by atoms with E-state index >= 15 is 0 Å². The monoisotopic (exact) mass is 1930 g/mol. The van der Waals surface area contributed by atoms with Crippen LogP contribution in [0.4, 0.5) is 5.69 Å². The van der Waals surface area contributed by atoms with Gasteiger partial charge in [-0.15, -0.1) is 108 Å². The van der Waals surface area contributed by atoms with Gasteiger partial charge >= 0.3 is 20.1 Å².